The maximum Gasteiger partial charge on any atom is 1.00 e. The molecule has 3 N–H and O–H groups in total. The quantitative estimate of drug-likeness (QED) is 0.0816. The van der Waals surface area contributed by atoms with E-state index in [0.717, 1.165) is 12.3 Å². The summed E-state index contributed by atoms with van der Waals surface area (Å²) in [7, 11) is -10.3. The molecule has 0 unspecified atom stereocenters. The number of hydrogen-bond acceptors (Lipinski definition) is 14. The Kier molecular flexibility index (Phi) is 9.31. The van der Waals surface area contributed by atoms with Crippen LogP contribution in [-0.4, -0.2) is 41.0 Å². The van der Waals surface area contributed by atoms with Crippen molar-refractivity contribution < 1.29 is 95.1 Å². The average Bonchev–Trinajstić information content (AvgIpc) is 3.08. The van der Waals surface area contributed by atoms with Gasteiger partial charge >= 0.3 is 64.1 Å². The van der Waals surface area contributed by atoms with Crippen molar-refractivity contribution in [1.82, 2.24) is 4.98 Å². The van der Waals surface area contributed by atoms with Gasteiger partial charge < -0.3 is 19.9 Å². The molecule has 0 saturated heterocycles. The van der Waals surface area contributed by atoms with Gasteiger partial charge in [0.15, 0.2) is 0 Å². The van der Waals surface area contributed by atoms with Gasteiger partial charge in [-0.3, -0.25) is 10.1 Å². The predicted octanol–water partition coefficient (Wildman–Crippen LogP) is -4.28. The molecule has 1 aromatic heterocycles. The maximum atomic E-state index is 11.7. The number of azo groups is 1. The molecule has 1 heterocycles. The van der Waals surface area contributed by atoms with Crippen LogP contribution in [0.3, 0.4) is 0 Å². The minimum absolute atomic E-state index is 0. The molecule has 0 spiro atoms. The van der Waals surface area contributed by atoms with Crippen LogP contribution < -0.4 is 64.8 Å². The summed E-state index contributed by atoms with van der Waals surface area (Å²) in [4.78, 5) is 11.6. The first-order valence-corrected chi connectivity index (χ1v) is 11.0. The average molecular weight is 519 g/mol. The number of phenolic OH excluding ortho intramolecular Hbond substituents is 1. The van der Waals surface area contributed by atoms with Crippen molar-refractivity contribution >= 4 is 63.9 Å². The van der Waals surface area contributed by atoms with Gasteiger partial charge in [0.2, 0.25) is 5.13 Å². The molecule has 0 fully saturated rings. The first kappa shape index (κ1) is 28.8. The number of fused-ring (bicyclic) bond motifs is 1. The molecule has 0 amide bonds. The molecule has 2 aromatic carbocycles. The van der Waals surface area contributed by atoms with E-state index in [2.05, 4.69) is 15.2 Å². The third-order valence-corrected chi connectivity index (χ3v) is 6.12. The first-order chi connectivity index (χ1) is 13.8. The maximum absolute atomic E-state index is 11.7. The number of rotatable bonds is 5. The molecular weight excluding hydrogens is 512 g/mol. The summed E-state index contributed by atoms with van der Waals surface area (Å²) in [5.74, 6) is -0.796. The van der Waals surface area contributed by atoms with Crippen molar-refractivity contribution in [2.24, 2.45) is 10.2 Å². The molecule has 0 radical (unpaired) electrons. The standard InChI is InChI=1S/C13H9N5O9S3.2Na/c14-11-10-5(1-6(3-7(10)19)29(22,23)24)2-8(30(25,26)27)12(11)16-17-13-15-4-9(28-13)18(20)21;;/h1-4,19H,14H2,(H,22,23,24)(H,25,26,27);;/q;2*+1/p-2. The predicted molar refractivity (Wildman–Crippen MR) is 98.9 cm³/mol. The number of phenols is 1. The second-order valence-electron chi connectivity index (χ2n) is 5.52. The molecule has 0 aliphatic rings. The molecule has 0 atom stereocenters. The molecular formula is C13H7N5Na2O9S3. The van der Waals surface area contributed by atoms with Crippen molar-refractivity contribution in [3.05, 3.63) is 34.5 Å². The smallest absolute Gasteiger partial charge is 0.744 e. The number of nitrogens with zero attached hydrogens (tertiary/aromatic N) is 4. The largest absolute Gasteiger partial charge is 1.00 e. The van der Waals surface area contributed by atoms with Gasteiger partial charge in [-0.2, -0.15) is 0 Å². The molecule has 0 aliphatic heterocycles. The molecule has 0 bridgehead atoms. The van der Waals surface area contributed by atoms with E-state index in [1.807, 2.05) is 0 Å². The van der Waals surface area contributed by atoms with Gasteiger partial charge in [0.1, 0.15) is 37.9 Å². The van der Waals surface area contributed by atoms with Gasteiger partial charge in [-0.1, -0.05) is 0 Å². The molecule has 19 heteroatoms. The van der Waals surface area contributed by atoms with Crippen LogP contribution in [0, 0.1) is 10.1 Å². The van der Waals surface area contributed by atoms with Crippen LogP contribution >= 0.6 is 11.3 Å². The minimum Gasteiger partial charge on any atom is -0.744 e. The van der Waals surface area contributed by atoms with Crippen LogP contribution in [0.15, 0.2) is 44.4 Å². The molecule has 0 saturated carbocycles. The minimum atomic E-state index is -5.24. The molecule has 0 aliphatic carbocycles. The van der Waals surface area contributed by atoms with Gasteiger partial charge in [0.05, 0.1) is 20.4 Å². The van der Waals surface area contributed by atoms with Crippen molar-refractivity contribution in [1.29, 1.82) is 0 Å². The van der Waals surface area contributed by atoms with Crippen LogP contribution in [-0.2, 0) is 20.2 Å². The summed E-state index contributed by atoms with van der Waals surface area (Å²) in [6.45, 7) is 0. The fourth-order valence-electron chi connectivity index (χ4n) is 2.41. The third kappa shape index (κ3) is 6.00. The van der Waals surface area contributed by atoms with Gasteiger partial charge in [0, 0.05) is 5.39 Å². The third-order valence-electron chi connectivity index (χ3n) is 3.62. The van der Waals surface area contributed by atoms with E-state index in [9.17, 15) is 41.2 Å². The number of hydrogen-bond donors (Lipinski definition) is 2. The molecule has 3 aromatic rings. The molecule has 14 nitrogen and oxygen atoms in total. The zero-order valence-corrected chi connectivity index (χ0v) is 22.6. The van der Waals surface area contributed by atoms with Crippen LogP contribution in [0.4, 0.5) is 21.5 Å². The van der Waals surface area contributed by atoms with Crippen LogP contribution in [0.1, 0.15) is 0 Å². The number of nitrogens with two attached hydrogens (primary N) is 1. The number of aromatic nitrogens is 1. The van der Waals surface area contributed by atoms with Crippen molar-refractivity contribution in [2.75, 3.05) is 5.73 Å². The monoisotopic (exact) mass is 519 g/mol. The van der Waals surface area contributed by atoms with E-state index >= 15 is 0 Å². The molecule has 32 heavy (non-hydrogen) atoms. The zero-order valence-electron chi connectivity index (χ0n) is 16.1. The normalized spacial score (nSPS) is 11.8. The van der Waals surface area contributed by atoms with Crippen LogP contribution in [0.5, 0.6) is 5.75 Å². The van der Waals surface area contributed by atoms with Gasteiger partial charge in [-0.15, -0.1) is 10.2 Å². The van der Waals surface area contributed by atoms with Gasteiger partial charge in [0.25, 0.3) is 0 Å². The zero-order chi connectivity index (χ0) is 22.4. The molecule has 3 rings (SSSR count). The number of benzene rings is 2. The van der Waals surface area contributed by atoms with E-state index in [0.29, 0.717) is 23.5 Å². The van der Waals surface area contributed by atoms with Gasteiger partial charge in [-0.05, 0) is 34.9 Å². The SMILES string of the molecule is Nc1c(N=Nc2ncc([N+](=O)[O-])s2)c(S(=O)(=O)[O-])cc2cc(S(=O)(=O)[O-])cc(O)c12.[Na+].[Na+]. The summed E-state index contributed by atoms with van der Waals surface area (Å²) in [6.07, 6.45) is 0.880. The Bertz CT molecular complexity index is 1460. The first-order valence-electron chi connectivity index (χ1n) is 7.32. The van der Waals surface area contributed by atoms with E-state index in [1.165, 1.54) is 0 Å². The summed E-state index contributed by atoms with van der Waals surface area (Å²) < 4.78 is 68.6. The number of nitrogen functional groups attached to an aromatic ring is 1. The summed E-state index contributed by atoms with van der Waals surface area (Å²) >= 11 is 0.501. The number of aromatic hydroxyl groups is 1. The summed E-state index contributed by atoms with van der Waals surface area (Å²) in [5.41, 5.74) is 4.55. The van der Waals surface area contributed by atoms with E-state index in [1.54, 1.807) is 0 Å². The second-order valence-corrected chi connectivity index (χ2v) is 9.24. The number of nitro groups is 1. The Balaban J connectivity index is 0.00000256. The topological polar surface area (TPSA) is 241 Å². The summed E-state index contributed by atoms with van der Waals surface area (Å²) in [5, 5.41) is 26.6. The Morgan fingerprint density at radius 1 is 1.06 bits per heavy atom. The fourth-order valence-corrected chi connectivity index (χ4v) is 4.15. The van der Waals surface area contributed by atoms with Crippen LogP contribution in [0.2, 0.25) is 0 Å². The second kappa shape index (κ2) is 10.3. The fraction of sp³-hybridized carbons (Fsp3) is 0. The Morgan fingerprint density at radius 3 is 2.19 bits per heavy atom. The summed E-state index contributed by atoms with van der Waals surface area (Å²) in [6, 6.07) is 1.99. The molecule has 158 valence electrons. The van der Waals surface area contributed by atoms with E-state index in [4.69, 9.17) is 5.73 Å². The number of anilines is 1. The van der Waals surface area contributed by atoms with E-state index in [-0.39, 0.29) is 80.0 Å². The van der Waals surface area contributed by atoms with Gasteiger partial charge in [-0.25, -0.2) is 21.8 Å². The Hall–Kier alpha value is -1.25. The van der Waals surface area contributed by atoms with Crippen molar-refractivity contribution in [2.45, 2.75) is 9.79 Å². The Labute approximate surface area is 227 Å². The van der Waals surface area contributed by atoms with Crippen molar-refractivity contribution in [3.8, 4) is 5.75 Å². The van der Waals surface area contributed by atoms with E-state index < -0.39 is 52.1 Å². The van der Waals surface area contributed by atoms with Crippen molar-refractivity contribution in [3.63, 3.8) is 0 Å². The Morgan fingerprint density at radius 2 is 1.69 bits per heavy atom. The van der Waals surface area contributed by atoms with Crippen LogP contribution in [0.25, 0.3) is 10.8 Å². The number of thiazole rings is 1.